The number of likely N-dealkylation sites (tertiary alicyclic amines) is 1. The second-order valence-electron chi connectivity index (χ2n) is 6.79. The molecule has 2 aromatic rings. The van der Waals surface area contributed by atoms with Gasteiger partial charge in [0.2, 0.25) is 11.7 Å². The largest absolute Gasteiger partial charge is 0.438 e. The van der Waals surface area contributed by atoms with Crippen molar-refractivity contribution >= 4 is 17.5 Å². The van der Waals surface area contributed by atoms with Crippen LogP contribution in [0.4, 0.5) is 5.69 Å². The second kappa shape index (κ2) is 5.72. The number of rotatable bonds is 3. The normalized spacial score (nSPS) is 24.6. The number of hydrogen-bond donors (Lipinski definition) is 1. The maximum Gasteiger partial charge on any atom is 0.291 e. The topological polar surface area (TPSA) is 75.4 Å². The van der Waals surface area contributed by atoms with Crippen molar-refractivity contribution < 1.29 is 14.0 Å². The molecule has 2 aliphatic rings. The van der Waals surface area contributed by atoms with Crippen LogP contribution >= 0.6 is 0 Å². The zero-order valence-corrected chi connectivity index (χ0v) is 14.4. The van der Waals surface area contributed by atoms with Crippen LogP contribution in [0, 0.1) is 6.92 Å². The molecule has 1 spiro atoms. The van der Waals surface area contributed by atoms with Gasteiger partial charge in [-0.2, -0.15) is 0 Å². The lowest BCUT2D eigenvalue weighted by atomic mass is 9.73. The van der Waals surface area contributed by atoms with Crippen molar-refractivity contribution in [2.75, 3.05) is 11.9 Å². The highest BCUT2D eigenvalue weighted by Gasteiger charge is 2.58. The van der Waals surface area contributed by atoms with Gasteiger partial charge in [0.1, 0.15) is 0 Å². The summed E-state index contributed by atoms with van der Waals surface area (Å²) >= 11 is 0. The number of fused-ring (bicyclic) bond motifs is 2. The molecule has 1 saturated heterocycles. The summed E-state index contributed by atoms with van der Waals surface area (Å²) in [6, 6.07) is 7.62. The molecule has 2 aliphatic heterocycles. The number of oxazole rings is 1. The van der Waals surface area contributed by atoms with E-state index in [1.807, 2.05) is 24.3 Å². The maximum atomic E-state index is 13.0. The van der Waals surface area contributed by atoms with E-state index in [9.17, 15) is 9.59 Å². The number of carbonyl (C=O) groups excluding carboxylic acids is 2. The van der Waals surface area contributed by atoms with Crippen LogP contribution in [-0.4, -0.2) is 34.3 Å². The molecular weight excluding hydrogens is 318 g/mol. The predicted octanol–water partition coefficient (Wildman–Crippen LogP) is 2.89. The minimum absolute atomic E-state index is 0.00302. The molecule has 1 fully saturated rings. The van der Waals surface area contributed by atoms with Gasteiger partial charge in [-0.3, -0.25) is 9.59 Å². The molecule has 130 valence electrons. The first kappa shape index (κ1) is 15.9. The zero-order chi connectivity index (χ0) is 17.6. The summed E-state index contributed by atoms with van der Waals surface area (Å²) < 4.78 is 5.31. The highest BCUT2D eigenvalue weighted by atomic mass is 16.3. The molecule has 1 N–H and O–H groups in total. The Kier molecular flexibility index (Phi) is 3.63. The Balaban J connectivity index is 1.78. The molecule has 2 amide bonds. The van der Waals surface area contributed by atoms with Crippen LogP contribution in [0.25, 0.3) is 0 Å². The molecule has 0 radical (unpaired) electrons. The predicted molar refractivity (Wildman–Crippen MR) is 92.3 cm³/mol. The average Bonchev–Trinajstić information content (AvgIpc) is 3.27. The van der Waals surface area contributed by atoms with Crippen LogP contribution in [0.2, 0.25) is 0 Å². The van der Waals surface area contributed by atoms with Gasteiger partial charge in [0.05, 0.1) is 17.2 Å². The van der Waals surface area contributed by atoms with Crippen molar-refractivity contribution in [1.29, 1.82) is 0 Å². The third kappa shape index (κ3) is 2.13. The fourth-order valence-corrected chi connectivity index (χ4v) is 4.36. The van der Waals surface area contributed by atoms with Gasteiger partial charge in [-0.25, -0.2) is 4.98 Å². The molecule has 6 nitrogen and oxygen atoms in total. The van der Waals surface area contributed by atoms with Crippen molar-refractivity contribution in [1.82, 2.24) is 9.88 Å². The molecule has 0 unspecified atom stereocenters. The molecule has 0 bridgehead atoms. The molecule has 3 heterocycles. The molecule has 0 aliphatic carbocycles. The Morgan fingerprint density at radius 2 is 2.24 bits per heavy atom. The number of nitrogens with zero attached hydrogens (tertiary/aromatic N) is 2. The van der Waals surface area contributed by atoms with Gasteiger partial charge in [-0.1, -0.05) is 31.5 Å². The van der Waals surface area contributed by atoms with E-state index in [0.29, 0.717) is 18.7 Å². The molecule has 1 aromatic carbocycles. The summed E-state index contributed by atoms with van der Waals surface area (Å²) in [6.07, 6.45) is 3.57. The molecule has 0 saturated carbocycles. The first-order valence-electron chi connectivity index (χ1n) is 8.71. The highest BCUT2D eigenvalue weighted by molar-refractivity contribution is 6.08. The summed E-state index contributed by atoms with van der Waals surface area (Å²) in [5.74, 6) is 0.0871. The number of aromatic nitrogens is 1. The number of aryl methyl sites for hydroxylation is 1. The molecule has 1 aromatic heterocycles. The van der Waals surface area contributed by atoms with E-state index in [1.54, 1.807) is 11.8 Å². The van der Waals surface area contributed by atoms with Crippen molar-refractivity contribution in [3.8, 4) is 0 Å². The number of para-hydroxylation sites is 1. The number of carbonyl (C=O) groups is 2. The van der Waals surface area contributed by atoms with Crippen molar-refractivity contribution in [2.24, 2.45) is 0 Å². The lowest BCUT2D eigenvalue weighted by Crippen LogP contribution is -2.48. The Morgan fingerprint density at radius 3 is 2.96 bits per heavy atom. The van der Waals surface area contributed by atoms with E-state index in [1.165, 1.54) is 6.39 Å². The van der Waals surface area contributed by atoms with Gasteiger partial charge in [0.25, 0.3) is 5.91 Å². The zero-order valence-electron chi connectivity index (χ0n) is 14.4. The Bertz CT molecular complexity index is 844. The van der Waals surface area contributed by atoms with Crippen LogP contribution in [0.5, 0.6) is 0 Å². The average molecular weight is 339 g/mol. The minimum Gasteiger partial charge on any atom is -0.438 e. The third-order valence-corrected chi connectivity index (χ3v) is 5.52. The summed E-state index contributed by atoms with van der Waals surface area (Å²) in [5, 5.41) is 3.01. The number of benzene rings is 1. The summed E-state index contributed by atoms with van der Waals surface area (Å²) in [5.41, 5.74) is 1.77. The van der Waals surface area contributed by atoms with E-state index in [-0.39, 0.29) is 23.6 Å². The van der Waals surface area contributed by atoms with Crippen LogP contribution < -0.4 is 5.32 Å². The minimum atomic E-state index is -0.670. The van der Waals surface area contributed by atoms with Crippen molar-refractivity contribution in [2.45, 2.75) is 44.6 Å². The maximum absolute atomic E-state index is 13.0. The smallest absolute Gasteiger partial charge is 0.291 e. The molecule has 25 heavy (non-hydrogen) atoms. The first-order chi connectivity index (χ1) is 12.1. The van der Waals surface area contributed by atoms with Gasteiger partial charge in [-0.15, -0.1) is 0 Å². The van der Waals surface area contributed by atoms with Crippen LogP contribution in [0.15, 0.2) is 35.1 Å². The van der Waals surface area contributed by atoms with Gasteiger partial charge in [0, 0.05) is 12.2 Å². The summed E-state index contributed by atoms with van der Waals surface area (Å²) in [4.78, 5) is 31.8. The van der Waals surface area contributed by atoms with Crippen LogP contribution in [-0.2, 0) is 10.2 Å². The summed E-state index contributed by atoms with van der Waals surface area (Å²) in [7, 11) is 0. The SMILES string of the molecule is CCC[C@@H]1N(C(=O)c2ocnc2C)CC[C@@]12C(=O)Nc1ccccc12. The number of nitrogens with one attached hydrogen (secondary N) is 1. The molecule has 2 atom stereocenters. The molecule has 6 heteroatoms. The van der Waals surface area contributed by atoms with Gasteiger partial charge < -0.3 is 14.6 Å². The highest BCUT2D eigenvalue weighted by Crippen LogP contribution is 2.49. The van der Waals surface area contributed by atoms with E-state index in [2.05, 4.69) is 17.2 Å². The number of amides is 2. The Hall–Kier alpha value is -2.63. The number of anilines is 1. The van der Waals surface area contributed by atoms with Gasteiger partial charge >= 0.3 is 0 Å². The van der Waals surface area contributed by atoms with Crippen LogP contribution in [0.3, 0.4) is 0 Å². The standard InChI is InChI=1S/C19H21N3O3/c1-3-6-15-19(13-7-4-5-8-14(13)21-18(19)24)9-10-22(15)17(23)16-12(2)20-11-25-16/h4-5,7-8,11,15H,3,6,9-10H2,1-2H3,(H,21,24)/t15-,19-/m0/s1. The van der Waals surface area contributed by atoms with Crippen molar-refractivity contribution in [3.63, 3.8) is 0 Å². The lowest BCUT2D eigenvalue weighted by Gasteiger charge is -2.33. The Labute approximate surface area is 146 Å². The second-order valence-corrected chi connectivity index (χ2v) is 6.79. The fourth-order valence-electron chi connectivity index (χ4n) is 4.36. The fraction of sp³-hybridized carbons (Fsp3) is 0.421. The van der Waals surface area contributed by atoms with E-state index in [0.717, 1.165) is 24.1 Å². The molecular formula is C19H21N3O3. The van der Waals surface area contributed by atoms with Crippen LogP contribution in [0.1, 0.15) is 48.0 Å². The summed E-state index contributed by atoms with van der Waals surface area (Å²) in [6.45, 7) is 4.37. The first-order valence-corrected chi connectivity index (χ1v) is 8.71. The quantitative estimate of drug-likeness (QED) is 0.933. The molecule has 4 rings (SSSR count). The lowest BCUT2D eigenvalue weighted by molar-refractivity contribution is -0.121. The van der Waals surface area contributed by atoms with E-state index >= 15 is 0 Å². The number of hydrogen-bond acceptors (Lipinski definition) is 4. The third-order valence-electron chi connectivity index (χ3n) is 5.52. The van der Waals surface area contributed by atoms with E-state index in [4.69, 9.17) is 4.42 Å². The Morgan fingerprint density at radius 1 is 1.44 bits per heavy atom. The van der Waals surface area contributed by atoms with E-state index < -0.39 is 5.41 Å². The van der Waals surface area contributed by atoms with Gasteiger partial charge in [0.15, 0.2) is 6.39 Å². The van der Waals surface area contributed by atoms with Crippen molar-refractivity contribution in [3.05, 3.63) is 47.7 Å². The monoisotopic (exact) mass is 339 g/mol. The van der Waals surface area contributed by atoms with Gasteiger partial charge in [-0.05, 0) is 31.4 Å².